The number of rotatable bonds is 9. The maximum atomic E-state index is 13.6. The van der Waals surface area contributed by atoms with Crippen LogP contribution in [0.4, 0.5) is 4.79 Å². The highest BCUT2D eigenvalue weighted by atomic mass is 16.5. The van der Waals surface area contributed by atoms with Gasteiger partial charge in [-0.25, -0.2) is 4.79 Å². The van der Waals surface area contributed by atoms with Crippen molar-refractivity contribution in [2.75, 3.05) is 19.6 Å². The number of benzene rings is 3. The molecule has 2 heterocycles. The fourth-order valence-corrected chi connectivity index (χ4v) is 4.73. The van der Waals surface area contributed by atoms with E-state index < -0.39 is 6.04 Å². The Morgan fingerprint density at radius 1 is 0.944 bits per heavy atom. The quantitative estimate of drug-likeness (QED) is 0.446. The molecule has 0 unspecified atom stereocenters. The van der Waals surface area contributed by atoms with Crippen LogP contribution in [-0.2, 0) is 17.8 Å². The van der Waals surface area contributed by atoms with E-state index in [0.29, 0.717) is 37.6 Å². The van der Waals surface area contributed by atoms with E-state index >= 15 is 0 Å². The summed E-state index contributed by atoms with van der Waals surface area (Å²) in [6.07, 6.45) is 2.43. The molecule has 1 N–H and O–H groups in total. The first-order chi connectivity index (χ1) is 17.6. The third-order valence-corrected chi connectivity index (χ3v) is 6.56. The highest BCUT2D eigenvalue weighted by molar-refractivity contribution is 6.01. The average Bonchev–Trinajstić information content (AvgIpc) is 3.25. The summed E-state index contributed by atoms with van der Waals surface area (Å²) in [6.45, 7) is 5.56. The first-order valence-electron chi connectivity index (χ1n) is 12.2. The monoisotopic (exact) mass is 479 g/mol. The largest absolute Gasteiger partial charge is 0.489 e. The van der Waals surface area contributed by atoms with Crippen LogP contribution in [0.3, 0.4) is 0 Å². The van der Waals surface area contributed by atoms with Crippen molar-refractivity contribution in [2.45, 2.75) is 19.1 Å². The second kappa shape index (κ2) is 10.5. The summed E-state index contributed by atoms with van der Waals surface area (Å²) in [6, 6.07) is 26.9. The molecule has 3 aromatic rings. The number of ether oxygens (including phenoxy) is 1. The van der Waals surface area contributed by atoms with Gasteiger partial charge in [-0.15, -0.1) is 6.58 Å². The molecular weight excluding hydrogens is 450 g/mol. The van der Waals surface area contributed by atoms with Crippen LogP contribution in [0.2, 0.25) is 0 Å². The summed E-state index contributed by atoms with van der Waals surface area (Å²) in [5.41, 5.74) is 4.42. The third kappa shape index (κ3) is 4.89. The first kappa shape index (κ1) is 23.4. The number of hydrogen-bond acceptors (Lipinski definition) is 3. The zero-order chi connectivity index (χ0) is 24.9. The molecule has 0 fully saturated rings. The molecule has 3 aromatic carbocycles. The lowest BCUT2D eigenvalue weighted by Gasteiger charge is -2.33. The van der Waals surface area contributed by atoms with Crippen LogP contribution >= 0.6 is 0 Å². The SMILES string of the molecule is C=CCN1C(=O)N[C@@H](c2cccc(OCc3ccccc3)c2)C2=C1CN(CCc1ccccc1)C2=O. The van der Waals surface area contributed by atoms with Crippen molar-refractivity contribution in [3.8, 4) is 5.75 Å². The van der Waals surface area contributed by atoms with Crippen LogP contribution in [-0.4, -0.2) is 41.4 Å². The van der Waals surface area contributed by atoms with Gasteiger partial charge in [0, 0.05) is 13.1 Å². The van der Waals surface area contributed by atoms with Gasteiger partial charge in [-0.3, -0.25) is 9.69 Å². The van der Waals surface area contributed by atoms with E-state index in [9.17, 15) is 9.59 Å². The Morgan fingerprint density at radius 3 is 2.39 bits per heavy atom. The second-order valence-electron chi connectivity index (χ2n) is 8.95. The molecule has 6 heteroatoms. The Bertz CT molecular complexity index is 1290. The summed E-state index contributed by atoms with van der Waals surface area (Å²) in [4.78, 5) is 30.2. The Balaban J connectivity index is 1.39. The van der Waals surface area contributed by atoms with E-state index in [0.717, 1.165) is 23.2 Å². The molecule has 3 amide bonds. The van der Waals surface area contributed by atoms with Gasteiger partial charge in [-0.05, 0) is 35.2 Å². The highest BCUT2D eigenvalue weighted by Crippen LogP contribution is 2.37. The van der Waals surface area contributed by atoms with Crippen molar-refractivity contribution >= 4 is 11.9 Å². The van der Waals surface area contributed by atoms with Gasteiger partial charge in [0.1, 0.15) is 12.4 Å². The fraction of sp³-hybridized carbons (Fsp3) is 0.200. The van der Waals surface area contributed by atoms with E-state index in [1.807, 2.05) is 77.7 Å². The highest BCUT2D eigenvalue weighted by Gasteiger charge is 2.43. The Kier molecular flexibility index (Phi) is 6.85. The summed E-state index contributed by atoms with van der Waals surface area (Å²) in [7, 11) is 0. The van der Waals surface area contributed by atoms with Gasteiger partial charge in [0.05, 0.1) is 23.9 Å². The molecule has 2 aliphatic heterocycles. The molecule has 0 saturated carbocycles. The molecule has 0 aromatic heterocycles. The standard InChI is InChI=1S/C30H29N3O3/c1-2-17-33-26-20-32(18-16-22-10-5-3-6-11-22)29(34)27(26)28(31-30(33)35)24-14-9-15-25(19-24)36-21-23-12-7-4-8-13-23/h2-15,19,28H,1,16-18,20-21H2,(H,31,35)/t28-/m0/s1. The summed E-state index contributed by atoms with van der Waals surface area (Å²) < 4.78 is 6.01. The van der Waals surface area contributed by atoms with Crippen LogP contribution in [0.5, 0.6) is 5.75 Å². The molecule has 0 saturated heterocycles. The number of hydrogen-bond donors (Lipinski definition) is 1. The Labute approximate surface area is 211 Å². The van der Waals surface area contributed by atoms with Crippen molar-refractivity contribution in [3.63, 3.8) is 0 Å². The third-order valence-electron chi connectivity index (χ3n) is 6.56. The van der Waals surface area contributed by atoms with E-state index in [2.05, 4.69) is 24.0 Å². The molecule has 0 aliphatic carbocycles. The van der Waals surface area contributed by atoms with Crippen molar-refractivity contribution in [1.82, 2.24) is 15.1 Å². The number of carbonyl (C=O) groups is 2. The average molecular weight is 480 g/mol. The number of nitrogens with one attached hydrogen (secondary N) is 1. The van der Waals surface area contributed by atoms with Crippen molar-refractivity contribution in [2.24, 2.45) is 0 Å². The van der Waals surface area contributed by atoms with Gasteiger partial charge in [0.15, 0.2) is 0 Å². The lowest BCUT2D eigenvalue weighted by molar-refractivity contribution is -0.125. The number of amides is 3. The van der Waals surface area contributed by atoms with E-state index in [1.165, 1.54) is 5.56 Å². The van der Waals surface area contributed by atoms with Crippen LogP contribution < -0.4 is 10.1 Å². The molecule has 2 aliphatic rings. The van der Waals surface area contributed by atoms with Crippen LogP contribution in [0.25, 0.3) is 0 Å². The molecule has 1 atom stereocenters. The second-order valence-corrected chi connectivity index (χ2v) is 8.95. The van der Waals surface area contributed by atoms with Crippen molar-refractivity contribution < 1.29 is 14.3 Å². The zero-order valence-corrected chi connectivity index (χ0v) is 20.1. The molecule has 6 nitrogen and oxygen atoms in total. The summed E-state index contributed by atoms with van der Waals surface area (Å²) in [5, 5.41) is 3.04. The Hall–Kier alpha value is -4.32. The smallest absolute Gasteiger partial charge is 0.322 e. The molecule has 182 valence electrons. The number of urea groups is 1. The van der Waals surface area contributed by atoms with Gasteiger partial charge in [-0.1, -0.05) is 78.9 Å². The number of nitrogens with zero attached hydrogens (tertiary/aromatic N) is 2. The van der Waals surface area contributed by atoms with Crippen LogP contribution in [0.1, 0.15) is 22.7 Å². The minimum Gasteiger partial charge on any atom is -0.489 e. The van der Waals surface area contributed by atoms with Gasteiger partial charge in [0.25, 0.3) is 5.91 Å². The summed E-state index contributed by atoms with van der Waals surface area (Å²) in [5.74, 6) is 0.642. The summed E-state index contributed by atoms with van der Waals surface area (Å²) >= 11 is 0. The van der Waals surface area contributed by atoms with Gasteiger partial charge in [0.2, 0.25) is 0 Å². The molecule has 0 bridgehead atoms. The molecule has 0 radical (unpaired) electrons. The van der Waals surface area contributed by atoms with Gasteiger partial charge < -0.3 is 15.0 Å². The zero-order valence-electron chi connectivity index (χ0n) is 20.1. The van der Waals surface area contributed by atoms with E-state index in [4.69, 9.17) is 4.74 Å². The lowest BCUT2D eigenvalue weighted by atomic mass is 9.95. The van der Waals surface area contributed by atoms with Gasteiger partial charge in [-0.2, -0.15) is 0 Å². The maximum absolute atomic E-state index is 13.6. The number of carbonyl (C=O) groups excluding carboxylic acids is 2. The predicted octanol–water partition coefficient (Wildman–Crippen LogP) is 4.86. The van der Waals surface area contributed by atoms with Crippen LogP contribution in [0, 0.1) is 0 Å². The van der Waals surface area contributed by atoms with Gasteiger partial charge >= 0.3 is 6.03 Å². The molecule has 5 rings (SSSR count). The van der Waals surface area contributed by atoms with E-state index in [1.54, 1.807) is 11.0 Å². The van der Waals surface area contributed by atoms with E-state index in [-0.39, 0.29) is 11.9 Å². The van der Waals surface area contributed by atoms with Crippen molar-refractivity contribution in [1.29, 1.82) is 0 Å². The molecular formula is C30H29N3O3. The minimum absolute atomic E-state index is 0.0457. The predicted molar refractivity (Wildman–Crippen MR) is 139 cm³/mol. The normalized spacial score (nSPS) is 17.2. The fourth-order valence-electron chi connectivity index (χ4n) is 4.73. The topological polar surface area (TPSA) is 61.9 Å². The molecule has 36 heavy (non-hydrogen) atoms. The lowest BCUT2D eigenvalue weighted by Crippen LogP contribution is -2.47. The Morgan fingerprint density at radius 2 is 1.67 bits per heavy atom. The van der Waals surface area contributed by atoms with Crippen molar-refractivity contribution in [3.05, 3.63) is 126 Å². The molecule has 0 spiro atoms. The minimum atomic E-state index is -0.539. The maximum Gasteiger partial charge on any atom is 0.322 e. The first-order valence-corrected chi connectivity index (χ1v) is 12.2. The van der Waals surface area contributed by atoms with Crippen LogP contribution in [0.15, 0.2) is 109 Å².